The zero-order valence-electron chi connectivity index (χ0n) is 15.6. The number of anilines is 1. The summed E-state index contributed by atoms with van der Waals surface area (Å²) >= 11 is 5.79. The molecule has 1 aromatic rings. The average Bonchev–Trinajstić information content (AvgIpc) is 2.59. The van der Waals surface area contributed by atoms with Crippen LogP contribution in [0.5, 0.6) is 0 Å². The van der Waals surface area contributed by atoms with Crippen molar-refractivity contribution in [3.63, 3.8) is 0 Å². The van der Waals surface area contributed by atoms with Crippen molar-refractivity contribution in [1.82, 2.24) is 0 Å². The monoisotopic (exact) mass is 389 g/mol. The van der Waals surface area contributed by atoms with Crippen LogP contribution in [0, 0.1) is 0 Å². The van der Waals surface area contributed by atoms with E-state index in [1.165, 1.54) is 0 Å². The Kier molecular flexibility index (Phi) is 9.73. The van der Waals surface area contributed by atoms with Crippen molar-refractivity contribution < 1.29 is 18.4 Å². The van der Waals surface area contributed by atoms with Gasteiger partial charge in [0.05, 0.1) is 18.9 Å². The van der Waals surface area contributed by atoms with Gasteiger partial charge in [0.2, 0.25) is 5.91 Å². The lowest BCUT2D eigenvalue weighted by atomic mass is 10.0. The van der Waals surface area contributed by atoms with Gasteiger partial charge in [0.25, 0.3) is 0 Å². The van der Waals surface area contributed by atoms with Crippen LogP contribution in [0.25, 0.3) is 0 Å². The largest absolute Gasteiger partial charge is 0.350 e. The molecule has 0 aliphatic rings. The summed E-state index contributed by atoms with van der Waals surface area (Å²) in [4.78, 5) is 14.3. The number of hydrogen-bond donors (Lipinski definition) is 0. The average molecular weight is 390 g/mol. The van der Waals surface area contributed by atoms with Gasteiger partial charge in [-0.15, -0.1) is 11.6 Å². The van der Waals surface area contributed by atoms with Crippen LogP contribution in [0.15, 0.2) is 18.2 Å². The van der Waals surface area contributed by atoms with Crippen LogP contribution >= 0.6 is 19.2 Å². The second-order valence-corrected chi connectivity index (χ2v) is 7.88. The summed E-state index contributed by atoms with van der Waals surface area (Å²) in [7, 11) is -3.42. The summed E-state index contributed by atoms with van der Waals surface area (Å²) in [5.74, 6) is 0.0313. The Hall–Kier alpha value is -0.870. The molecule has 0 heterocycles. The van der Waals surface area contributed by atoms with Crippen LogP contribution in [0.3, 0.4) is 0 Å². The van der Waals surface area contributed by atoms with E-state index in [1.54, 1.807) is 18.7 Å². The maximum Gasteiger partial charge on any atom is 0.350 e. The third kappa shape index (κ3) is 6.10. The van der Waals surface area contributed by atoms with E-state index in [9.17, 15) is 9.36 Å². The number of hydrogen-bond acceptors (Lipinski definition) is 4. The molecule has 142 valence electrons. The summed E-state index contributed by atoms with van der Waals surface area (Å²) < 4.78 is 23.8. The van der Waals surface area contributed by atoms with Gasteiger partial charge in [-0.3, -0.25) is 14.3 Å². The fourth-order valence-electron chi connectivity index (χ4n) is 2.74. The normalized spacial score (nSPS) is 11.6. The van der Waals surface area contributed by atoms with Crippen LogP contribution in [-0.4, -0.2) is 31.3 Å². The van der Waals surface area contributed by atoms with Crippen molar-refractivity contribution in [3.05, 3.63) is 29.3 Å². The van der Waals surface area contributed by atoms with E-state index < -0.39 is 7.60 Å². The first kappa shape index (κ1) is 22.2. The standard InChI is InChI=1S/C18H29ClNO4P/c1-5-15-10-9-11-16(6-2)18(15)20(17(21)12-13-19)14-25(22,23-7-3)24-8-4/h9-11H,5-8,12-14H2,1-4H3. The van der Waals surface area contributed by atoms with Crippen molar-refractivity contribution in [2.75, 3.05) is 30.3 Å². The van der Waals surface area contributed by atoms with Gasteiger partial charge in [0.15, 0.2) is 0 Å². The van der Waals surface area contributed by atoms with Gasteiger partial charge >= 0.3 is 7.60 Å². The SMILES string of the molecule is CCOP(=O)(CN(C(=O)CCCl)c1c(CC)cccc1CC)OCC. The van der Waals surface area contributed by atoms with Gasteiger partial charge in [-0.2, -0.15) is 0 Å². The fourth-order valence-corrected chi connectivity index (χ4v) is 4.57. The molecule has 0 aromatic heterocycles. The van der Waals surface area contributed by atoms with Gasteiger partial charge < -0.3 is 9.05 Å². The zero-order valence-corrected chi connectivity index (χ0v) is 17.2. The highest BCUT2D eigenvalue weighted by molar-refractivity contribution is 7.54. The maximum atomic E-state index is 13.0. The molecule has 7 heteroatoms. The molecule has 1 amide bonds. The predicted molar refractivity (Wildman–Crippen MR) is 104 cm³/mol. The molecule has 0 spiro atoms. The van der Waals surface area contributed by atoms with E-state index in [0.29, 0.717) is 0 Å². The lowest BCUT2D eigenvalue weighted by Gasteiger charge is -2.30. The molecule has 0 N–H and O–H groups in total. The summed E-state index contributed by atoms with van der Waals surface area (Å²) in [5, 5.41) is 0. The van der Waals surface area contributed by atoms with E-state index in [1.807, 2.05) is 32.0 Å². The Morgan fingerprint density at radius 3 is 2.00 bits per heavy atom. The first-order valence-electron chi connectivity index (χ1n) is 8.81. The van der Waals surface area contributed by atoms with Gasteiger partial charge in [0, 0.05) is 12.3 Å². The Labute approximate surface area is 156 Å². The molecule has 0 aliphatic heterocycles. The molecule has 5 nitrogen and oxygen atoms in total. The van der Waals surface area contributed by atoms with Crippen LogP contribution in [0.1, 0.15) is 45.2 Å². The Balaban J connectivity index is 3.40. The van der Waals surface area contributed by atoms with Crippen molar-refractivity contribution in [2.45, 2.75) is 47.0 Å². The molecule has 25 heavy (non-hydrogen) atoms. The molecular formula is C18H29ClNO4P. The molecule has 0 saturated carbocycles. The molecule has 0 bridgehead atoms. The van der Waals surface area contributed by atoms with Gasteiger partial charge in [0.1, 0.15) is 6.29 Å². The third-order valence-electron chi connectivity index (χ3n) is 3.81. The summed E-state index contributed by atoms with van der Waals surface area (Å²) in [6, 6.07) is 5.96. The van der Waals surface area contributed by atoms with Gasteiger partial charge in [-0.1, -0.05) is 32.0 Å². The highest BCUT2D eigenvalue weighted by atomic mass is 35.5. The third-order valence-corrected chi connectivity index (χ3v) is 5.93. The maximum absolute atomic E-state index is 13.0. The van der Waals surface area contributed by atoms with Crippen LogP contribution < -0.4 is 4.90 Å². The first-order valence-corrected chi connectivity index (χ1v) is 11.1. The summed E-state index contributed by atoms with van der Waals surface area (Å²) in [6.45, 7) is 8.10. The Morgan fingerprint density at radius 1 is 1.08 bits per heavy atom. The van der Waals surface area contributed by atoms with E-state index in [4.69, 9.17) is 20.6 Å². The molecule has 0 saturated heterocycles. The summed E-state index contributed by atoms with van der Waals surface area (Å²) in [6.07, 6.45) is 1.60. The Morgan fingerprint density at radius 2 is 1.60 bits per heavy atom. The molecule has 1 rings (SSSR count). The minimum atomic E-state index is -3.42. The molecule has 0 atom stereocenters. The predicted octanol–water partition coefficient (Wildman–Crippen LogP) is 5.00. The number of para-hydroxylation sites is 1. The first-order chi connectivity index (χ1) is 12.0. The van der Waals surface area contributed by atoms with Gasteiger partial charge in [-0.25, -0.2) is 0 Å². The van der Waals surface area contributed by atoms with Crippen molar-refractivity contribution in [3.8, 4) is 0 Å². The second-order valence-electron chi connectivity index (χ2n) is 5.48. The van der Waals surface area contributed by atoms with Gasteiger partial charge in [-0.05, 0) is 37.8 Å². The molecule has 0 unspecified atom stereocenters. The summed E-state index contributed by atoms with van der Waals surface area (Å²) in [5.41, 5.74) is 2.87. The van der Waals surface area contributed by atoms with Crippen LogP contribution in [0.4, 0.5) is 5.69 Å². The number of benzene rings is 1. The fraction of sp³-hybridized carbons (Fsp3) is 0.611. The van der Waals surface area contributed by atoms with E-state index in [2.05, 4.69) is 0 Å². The number of carbonyl (C=O) groups excluding carboxylic acids is 1. The van der Waals surface area contributed by atoms with Crippen molar-refractivity contribution in [2.24, 2.45) is 0 Å². The number of rotatable bonds is 11. The number of halogens is 1. The van der Waals surface area contributed by atoms with E-state index in [-0.39, 0.29) is 37.7 Å². The van der Waals surface area contributed by atoms with Crippen LogP contribution in [0.2, 0.25) is 0 Å². The second kappa shape index (κ2) is 11.0. The van der Waals surface area contributed by atoms with Crippen LogP contribution in [-0.2, 0) is 31.2 Å². The lowest BCUT2D eigenvalue weighted by Crippen LogP contribution is -2.34. The van der Waals surface area contributed by atoms with Crippen molar-refractivity contribution in [1.29, 1.82) is 0 Å². The number of alkyl halides is 1. The minimum Gasteiger partial charge on any atom is -0.308 e. The number of carbonyl (C=O) groups is 1. The van der Waals surface area contributed by atoms with Crippen molar-refractivity contribution >= 4 is 30.8 Å². The molecule has 0 fully saturated rings. The zero-order chi connectivity index (χ0) is 18.9. The highest BCUT2D eigenvalue weighted by Crippen LogP contribution is 2.50. The number of amides is 1. The quantitative estimate of drug-likeness (QED) is 0.395. The smallest absolute Gasteiger partial charge is 0.308 e. The topological polar surface area (TPSA) is 55.8 Å². The molecule has 0 aliphatic carbocycles. The number of aryl methyl sites for hydroxylation is 2. The van der Waals surface area contributed by atoms with E-state index >= 15 is 0 Å². The number of nitrogens with zero attached hydrogens (tertiary/aromatic N) is 1. The minimum absolute atomic E-state index is 0.103. The molecular weight excluding hydrogens is 361 g/mol. The molecule has 0 radical (unpaired) electrons. The Bertz CT molecular complexity index is 576. The highest BCUT2D eigenvalue weighted by Gasteiger charge is 2.32. The molecule has 1 aromatic carbocycles. The van der Waals surface area contributed by atoms with E-state index in [0.717, 1.165) is 29.7 Å². The lowest BCUT2D eigenvalue weighted by molar-refractivity contribution is -0.118.